The van der Waals surface area contributed by atoms with E-state index in [0.29, 0.717) is 6.54 Å². The zero-order valence-electron chi connectivity index (χ0n) is 10.3. The summed E-state index contributed by atoms with van der Waals surface area (Å²) < 4.78 is 0. The van der Waals surface area contributed by atoms with Crippen molar-refractivity contribution in [3.63, 3.8) is 0 Å². The second-order valence-electron chi connectivity index (χ2n) is 4.14. The zero-order chi connectivity index (χ0) is 12.5. The number of nitrogens with two attached hydrogens (primary N) is 1. The van der Waals surface area contributed by atoms with Crippen molar-refractivity contribution in [2.24, 2.45) is 10.9 Å². The van der Waals surface area contributed by atoms with Gasteiger partial charge in [-0.25, -0.2) is 0 Å². The predicted octanol–water partition coefficient (Wildman–Crippen LogP) is 2.04. The van der Waals surface area contributed by atoms with Crippen molar-refractivity contribution in [1.29, 1.82) is 0 Å². The molecule has 17 heavy (non-hydrogen) atoms. The SMILES string of the molecule is CCCCN(C/C(N)=N/O)Cc1ccccc1. The Kier molecular flexibility index (Phi) is 6.10. The van der Waals surface area contributed by atoms with E-state index in [1.807, 2.05) is 18.2 Å². The molecule has 4 heteroatoms. The summed E-state index contributed by atoms with van der Waals surface area (Å²) in [4.78, 5) is 2.19. The number of nitrogens with zero attached hydrogens (tertiary/aromatic N) is 2. The molecule has 0 radical (unpaired) electrons. The Morgan fingerprint density at radius 1 is 1.35 bits per heavy atom. The van der Waals surface area contributed by atoms with E-state index in [4.69, 9.17) is 10.9 Å². The van der Waals surface area contributed by atoms with E-state index in [9.17, 15) is 0 Å². The molecule has 0 aromatic heterocycles. The molecule has 0 amide bonds. The molecule has 4 nitrogen and oxygen atoms in total. The quantitative estimate of drug-likeness (QED) is 0.329. The molecule has 0 heterocycles. The van der Waals surface area contributed by atoms with Crippen LogP contribution >= 0.6 is 0 Å². The fourth-order valence-corrected chi connectivity index (χ4v) is 1.70. The molecule has 1 aromatic carbocycles. The summed E-state index contributed by atoms with van der Waals surface area (Å²) in [6.07, 6.45) is 2.26. The Balaban J connectivity index is 2.56. The van der Waals surface area contributed by atoms with Crippen LogP contribution in [0.3, 0.4) is 0 Å². The van der Waals surface area contributed by atoms with E-state index in [1.54, 1.807) is 0 Å². The molecule has 3 N–H and O–H groups in total. The van der Waals surface area contributed by atoms with Crippen molar-refractivity contribution in [2.45, 2.75) is 26.3 Å². The lowest BCUT2D eigenvalue weighted by atomic mass is 10.2. The minimum Gasteiger partial charge on any atom is -0.409 e. The Labute approximate surface area is 103 Å². The van der Waals surface area contributed by atoms with Crippen LogP contribution in [0, 0.1) is 0 Å². The van der Waals surface area contributed by atoms with Crippen LogP contribution in [0.2, 0.25) is 0 Å². The van der Waals surface area contributed by atoms with Crippen LogP contribution in [0.25, 0.3) is 0 Å². The first-order valence-corrected chi connectivity index (χ1v) is 5.99. The number of amidine groups is 1. The lowest BCUT2D eigenvalue weighted by Crippen LogP contribution is -2.34. The van der Waals surface area contributed by atoms with Crippen LogP contribution < -0.4 is 5.73 Å². The van der Waals surface area contributed by atoms with E-state index in [-0.39, 0.29) is 5.84 Å². The topological polar surface area (TPSA) is 61.8 Å². The molecule has 0 saturated heterocycles. The minimum atomic E-state index is 0.261. The summed E-state index contributed by atoms with van der Waals surface area (Å²) in [6.45, 7) is 4.45. The first kappa shape index (κ1) is 13.5. The Bertz CT molecular complexity index is 338. The van der Waals surface area contributed by atoms with Crippen LogP contribution in [-0.2, 0) is 6.54 Å². The van der Waals surface area contributed by atoms with Crippen LogP contribution in [0.15, 0.2) is 35.5 Å². The van der Waals surface area contributed by atoms with Crippen molar-refractivity contribution < 1.29 is 5.21 Å². The maximum atomic E-state index is 8.61. The van der Waals surface area contributed by atoms with Crippen LogP contribution in [0.1, 0.15) is 25.3 Å². The molecule has 0 aliphatic rings. The fourth-order valence-electron chi connectivity index (χ4n) is 1.70. The Morgan fingerprint density at radius 3 is 2.65 bits per heavy atom. The van der Waals surface area contributed by atoms with E-state index in [2.05, 4.69) is 29.1 Å². The molecule has 0 bridgehead atoms. The maximum absolute atomic E-state index is 8.61. The molecule has 0 saturated carbocycles. The van der Waals surface area contributed by atoms with Gasteiger partial charge in [0.05, 0.1) is 6.54 Å². The summed E-state index contributed by atoms with van der Waals surface area (Å²) in [5, 5.41) is 11.6. The molecule has 0 aliphatic heterocycles. The number of benzene rings is 1. The van der Waals surface area contributed by atoms with Gasteiger partial charge in [0, 0.05) is 6.54 Å². The summed E-state index contributed by atoms with van der Waals surface area (Å²) >= 11 is 0. The number of hydrogen-bond donors (Lipinski definition) is 2. The molecule has 0 atom stereocenters. The second-order valence-corrected chi connectivity index (χ2v) is 4.14. The normalized spacial score (nSPS) is 12.0. The molecule has 1 rings (SSSR count). The molecule has 0 fully saturated rings. The highest BCUT2D eigenvalue weighted by Gasteiger charge is 2.07. The molecule has 0 unspecified atom stereocenters. The second kappa shape index (κ2) is 7.68. The lowest BCUT2D eigenvalue weighted by molar-refractivity contribution is 0.282. The van der Waals surface area contributed by atoms with Gasteiger partial charge in [-0.2, -0.15) is 0 Å². The molecule has 94 valence electrons. The van der Waals surface area contributed by atoms with Crippen LogP contribution in [0.4, 0.5) is 0 Å². The monoisotopic (exact) mass is 235 g/mol. The number of oxime groups is 1. The number of rotatable bonds is 7. The van der Waals surface area contributed by atoms with Gasteiger partial charge in [0.15, 0.2) is 5.84 Å². The van der Waals surface area contributed by atoms with E-state index < -0.39 is 0 Å². The first-order valence-electron chi connectivity index (χ1n) is 5.99. The van der Waals surface area contributed by atoms with Gasteiger partial charge < -0.3 is 10.9 Å². The van der Waals surface area contributed by atoms with Crippen LogP contribution in [-0.4, -0.2) is 29.0 Å². The molecule has 0 aliphatic carbocycles. The Hall–Kier alpha value is -1.55. The van der Waals surface area contributed by atoms with Crippen LogP contribution in [0.5, 0.6) is 0 Å². The Morgan fingerprint density at radius 2 is 2.06 bits per heavy atom. The van der Waals surface area contributed by atoms with Gasteiger partial charge >= 0.3 is 0 Å². The van der Waals surface area contributed by atoms with Crippen molar-refractivity contribution >= 4 is 5.84 Å². The molecular weight excluding hydrogens is 214 g/mol. The van der Waals surface area contributed by atoms with Gasteiger partial charge in [-0.15, -0.1) is 0 Å². The van der Waals surface area contributed by atoms with Gasteiger partial charge in [-0.1, -0.05) is 48.8 Å². The van der Waals surface area contributed by atoms with Gasteiger partial charge in [0.2, 0.25) is 0 Å². The van der Waals surface area contributed by atoms with Crippen molar-refractivity contribution in [1.82, 2.24) is 4.90 Å². The zero-order valence-corrected chi connectivity index (χ0v) is 10.3. The minimum absolute atomic E-state index is 0.261. The van der Waals surface area contributed by atoms with Crippen molar-refractivity contribution in [2.75, 3.05) is 13.1 Å². The summed E-state index contributed by atoms with van der Waals surface area (Å²) in [7, 11) is 0. The average Bonchev–Trinajstić information content (AvgIpc) is 2.37. The van der Waals surface area contributed by atoms with Crippen molar-refractivity contribution in [3.8, 4) is 0 Å². The third-order valence-electron chi connectivity index (χ3n) is 2.59. The number of hydrogen-bond acceptors (Lipinski definition) is 3. The van der Waals surface area contributed by atoms with Gasteiger partial charge in [-0.3, -0.25) is 4.90 Å². The maximum Gasteiger partial charge on any atom is 0.153 e. The van der Waals surface area contributed by atoms with Gasteiger partial charge in [0.25, 0.3) is 0 Å². The first-order chi connectivity index (χ1) is 8.26. The largest absolute Gasteiger partial charge is 0.409 e. The third kappa shape index (κ3) is 5.36. The van der Waals surface area contributed by atoms with Gasteiger partial charge in [0.1, 0.15) is 0 Å². The standard InChI is InChI=1S/C13H21N3O/c1-2-3-9-16(11-13(14)15-17)10-12-7-5-4-6-8-12/h4-8,17H,2-3,9-11H2,1H3,(H2,14,15). The highest BCUT2D eigenvalue weighted by atomic mass is 16.4. The fraction of sp³-hybridized carbons (Fsp3) is 0.462. The highest BCUT2D eigenvalue weighted by Crippen LogP contribution is 2.05. The molecule has 1 aromatic rings. The van der Waals surface area contributed by atoms with E-state index in [1.165, 1.54) is 5.56 Å². The summed E-state index contributed by atoms with van der Waals surface area (Å²) in [5.41, 5.74) is 6.80. The van der Waals surface area contributed by atoms with E-state index >= 15 is 0 Å². The summed E-state index contributed by atoms with van der Waals surface area (Å²) in [6, 6.07) is 10.2. The molecule has 0 spiro atoms. The average molecular weight is 235 g/mol. The van der Waals surface area contributed by atoms with Crippen molar-refractivity contribution in [3.05, 3.63) is 35.9 Å². The smallest absolute Gasteiger partial charge is 0.153 e. The summed E-state index contributed by atoms with van der Waals surface area (Å²) in [5.74, 6) is 0.261. The van der Waals surface area contributed by atoms with Gasteiger partial charge in [-0.05, 0) is 18.5 Å². The number of unbranched alkanes of at least 4 members (excludes halogenated alkanes) is 1. The third-order valence-corrected chi connectivity index (χ3v) is 2.59. The van der Waals surface area contributed by atoms with E-state index in [0.717, 1.165) is 25.9 Å². The predicted molar refractivity (Wildman–Crippen MR) is 70.0 cm³/mol. The highest BCUT2D eigenvalue weighted by molar-refractivity contribution is 5.81. The molecular formula is C13H21N3O. The lowest BCUT2D eigenvalue weighted by Gasteiger charge is -2.21.